The normalized spacial score (nSPS) is 18.9. The number of ether oxygens (including phenoxy) is 2. The minimum atomic E-state index is -0.500. The van der Waals surface area contributed by atoms with Crippen molar-refractivity contribution < 1.29 is 19.1 Å². The molecule has 1 atom stereocenters. The van der Waals surface area contributed by atoms with E-state index in [0.717, 1.165) is 48.2 Å². The number of nitrogens with zero attached hydrogens (tertiary/aromatic N) is 2. The molecule has 0 spiro atoms. The van der Waals surface area contributed by atoms with Gasteiger partial charge in [0.2, 0.25) is 5.91 Å². The van der Waals surface area contributed by atoms with E-state index in [1.165, 1.54) is 5.57 Å². The highest BCUT2D eigenvalue weighted by molar-refractivity contribution is 5.94. The SMILES string of the molecule is CCCOc1c(C2=CCN(C(=O)OC(C)(C)C)CC2)ccc2c1CC[C@H](C)N2C(C)=O. The molecule has 0 radical (unpaired) electrons. The maximum Gasteiger partial charge on any atom is 0.410 e. The van der Waals surface area contributed by atoms with Gasteiger partial charge in [-0.3, -0.25) is 4.79 Å². The fourth-order valence-corrected chi connectivity index (χ4v) is 4.31. The van der Waals surface area contributed by atoms with E-state index in [2.05, 4.69) is 32.1 Å². The quantitative estimate of drug-likeness (QED) is 0.662. The van der Waals surface area contributed by atoms with E-state index in [9.17, 15) is 9.59 Å². The molecule has 2 heterocycles. The summed E-state index contributed by atoms with van der Waals surface area (Å²) < 4.78 is 11.8. The molecule has 3 rings (SSSR count). The Labute approximate surface area is 186 Å². The summed E-state index contributed by atoms with van der Waals surface area (Å²) in [4.78, 5) is 28.3. The van der Waals surface area contributed by atoms with Gasteiger partial charge >= 0.3 is 6.09 Å². The van der Waals surface area contributed by atoms with Gasteiger partial charge in [0, 0.05) is 37.2 Å². The van der Waals surface area contributed by atoms with Crippen LogP contribution in [-0.2, 0) is 16.0 Å². The summed E-state index contributed by atoms with van der Waals surface area (Å²) in [5.74, 6) is 0.960. The van der Waals surface area contributed by atoms with Gasteiger partial charge in [-0.15, -0.1) is 0 Å². The van der Waals surface area contributed by atoms with Crippen molar-refractivity contribution in [1.82, 2.24) is 4.90 Å². The third kappa shape index (κ3) is 5.23. The Morgan fingerprint density at radius 2 is 1.94 bits per heavy atom. The summed E-state index contributed by atoms with van der Waals surface area (Å²) in [7, 11) is 0. The van der Waals surface area contributed by atoms with Gasteiger partial charge in [0.15, 0.2) is 0 Å². The zero-order chi connectivity index (χ0) is 22.8. The van der Waals surface area contributed by atoms with E-state index in [-0.39, 0.29) is 18.0 Å². The van der Waals surface area contributed by atoms with Crippen molar-refractivity contribution in [3.8, 4) is 5.75 Å². The minimum absolute atomic E-state index is 0.0625. The molecular formula is C25H36N2O4. The zero-order valence-electron chi connectivity index (χ0n) is 19.8. The number of fused-ring (bicyclic) bond motifs is 1. The Morgan fingerprint density at radius 1 is 1.19 bits per heavy atom. The summed E-state index contributed by atoms with van der Waals surface area (Å²) in [6, 6.07) is 4.32. The smallest absolute Gasteiger partial charge is 0.410 e. The van der Waals surface area contributed by atoms with Gasteiger partial charge in [-0.25, -0.2) is 4.79 Å². The van der Waals surface area contributed by atoms with Crippen LogP contribution < -0.4 is 9.64 Å². The zero-order valence-corrected chi connectivity index (χ0v) is 19.8. The van der Waals surface area contributed by atoms with Crippen LogP contribution in [0.5, 0.6) is 5.75 Å². The Hall–Kier alpha value is -2.50. The lowest BCUT2D eigenvalue weighted by molar-refractivity contribution is -0.117. The fourth-order valence-electron chi connectivity index (χ4n) is 4.31. The van der Waals surface area contributed by atoms with Gasteiger partial charge < -0.3 is 19.3 Å². The van der Waals surface area contributed by atoms with Gasteiger partial charge in [-0.2, -0.15) is 0 Å². The Balaban J connectivity index is 1.91. The molecule has 0 aliphatic carbocycles. The second kappa shape index (κ2) is 9.33. The van der Waals surface area contributed by atoms with Crippen LogP contribution in [0.1, 0.15) is 71.9 Å². The first-order valence-electron chi connectivity index (χ1n) is 11.4. The van der Waals surface area contributed by atoms with Crippen molar-refractivity contribution in [2.75, 3.05) is 24.6 Å². The van der Waals surface area contributed by atoms with E-state index < -0.39 is 5.60 Å². The van der Waals surface area contributed by atoms with Gasteiger partial charge in [0.1, 0.15) is 11.4 Å². The molecule has 0 saturated carbocycles. The van der Waals surface area contributed by atoms with Crippen molar-refractivity contribution in [2.45, 2.75) is 78.9 Å². The van der Waals surface area contributed by atoms with E-state index in [1.54, 1.807) is 11.8 Å². The molecule has 0 N–H and O–H groups in total. The molecule has 6 nitrogen and oxygen atoms in total. The predicted molar refractivity (Wildman–Crippen MR) is 124 cm³/mol. The molecule has 6 heteroatoms. The van der Waals surface area contributed by atoms with Crippen LogP contribution in [0.15, 0.2) is 18.2 Å². The maximum atomic E-state index is 12.4. The van der Waals surface area contributed by atoms with Crippen LogP contribution >= 0.6 is 0 Å². The Bertz CT molecular complexity index is 869. The van der Waals surface area contributed by atoms with Crippen molar-refractivity contribution >= 4 is 23.3 Å². The first kappa shape index (κ1) is 23.2. The summed E-state index contributed by atoms with van der Waals surface area (Å²) in [6.07, 6.45) is 5.30. The fraction of sp³-hybridized carbons (Fsp3) is 0.600. The molecule has 170 valence electrons. The largest absolute Gasteiger partial charge is 0.493 e. The number of hydrogen-bond acceptors (Lipinski definition) is 4. The van der Waals surface area contributed by atoms with Gasteiger partial charge in [0.25, 0.3) is 0 Å². The molecule has 2 aliphatic heterocycles. The van der Waals surface area contributed by atoms with Crippen LogP contribution in [0.4, 0.5) is 10.5 Å². The monoisotopic (exact) mass is 428 g/mol. The van der Waals surface area contributed by atoms with E-state index in [4.69, 9.17) is 9.47 Å². The summed E-state index contributed by atoms with van der Waals surface area (Å²) in [5.41, 5.74) is 3.85. The molecule has 0 bridgehead atoms. The van der Waals surface area contributed by atoms with Gasteiger partial charge in [-0.1, -0.05) is 13.0 Å². The number of carbonyl (C=O) groups is 2. The standard InChI is InChI=1S/C25H36N2O4/c1-7-16-30-23-20(10-11-22-21(23)9-8-17(2)27(22)18(3)28)19-12-14-26(15-13-19)24(29)31-25(4,5)6/h10-12,17H,7-9,13-16H2,1-6H3/t17-/m0/s1. The van der Waals surface area contributed by atoms with E-state index in [1.807, 2.05) is 25.7 Å². The molecule has 0 fully saturated rings. The molecule has 1 aromatic carbocycles. The van der Waals surface area contributed by atoms with Crippen molar-refractivity contribution in [3.63, 3.8) is 0 Å². The Kier molecular flexibility index (Phi) is 6.97. The molecule has 0 saturated heterocycles. The lowest BCUT2D eigenvalue weighted by Crippen LogP contribution is -2.41. The highest BCUT2D eigenvalue weighted by Crippen LogP contribution is 2.42. The molecule has 2 amide bonds. The number of rotatable bonds is 4. The number of carbonyl (C=O) groups excluding carboxylic acids is 2. The molecule has 0 aromatic heterocycles. The van der Waals surface area contributed by atoms with Crippen molar-refractivity contribution in [2.24, 2.45) is 0 Å². The number of anilines is 1. The maximum absolute atomic E-state index is 12.4. The third-order valence-electron chi connectivity index (χ3n) is 5.74. The molecule has 1 aromatic rings. The number of amides is 2. The van der Waals surface area contributed by atoms with Crippen LogP contribution in [0.2, 0.25) is 0 Å². The average Bonchev–Trinajstić information content (AvgIpc) is 2.70. The summed E-state index contributed by atoms with van der Waals surface area (Å²) in [6.45, 7) is 13.2. The van der Waals surface area contributed by atoms with Crippen molar-refractivity contribution in [1.29, 1.82) is 0 Å². The highest BCUT2D eigenvalue weighted by atomic mass is 16.6. The lowest BCUT2D eigenvalue weighted by atomic mass is 9.90. The van der Waals surface area contributed by atoms with E-state index in [0.29, 0.717) is 19.7 Å². The average molecular weight is 429 g/mol. The highest BCUT2D eigenvalue weighted by Gasteiger charge is 2.31. The Morgan fingerprint density at radius 3 is 2.52 bits per heavy atom. The van der Waals surface area contributed by atoms with Crippen LogP contribution in [0.3, 0.4) is 0 Å². The summed E-state index contributed by atoms with van der Waals surface area (Å²) in [5, 5.41) is 0. The second-order valence-corrected chi connectivity index (χ2v) is 9.47. The molecule has 31 heavy (non-hydrogen) atoms. The topological polar surface area (TPSA) is 59.1 Å². The second-order valence-electron chi connectivity index (χ2n) is 9.47. The summed E-state index contributed by atoms with van der Waals surface area (Å²) >= 11 is 0. The predicted octanol–water partition coefficient (Wildman–Crippen LogP) is 5.19. The van der Waals surface area contributed by atoms with Gasteiger partial charge in [-0.05, 0) is 71.1 Å². The minimum Gasteiger partial charge on any atom is -0.493 e. The third-order valence-corrected chi connectivity index (χ3v) is 5.74. The first-order chi connectivity index (χ1) is 14.6. The molecule has 0 unspecified atom stereocenters. The van der Waals surface area contributed by atoms with Gasteiger partial charge in [0.05, 0.1) is 12.3 Å². The lowest BCUT2D eigenvalue weighted by Gasteiger charge is -2.36. The number of benzene rings is 1. The van der Waals surface area contributed by atoms with Crippen LogP contribution in [0, 0.1) is 0 Å². The van der Waals surface area contributed by atoms with E-state index >= 15 is 0 Å². The molecule has 2 aliphatic rings. The number of hydrogen-bond donors (Lipinski definition) is 0. The van der Waals surface area contributed by atoms with Crippen molar-refractivity contribution in [3.05, 3.63) is 29.3 Å². The molecular weight excluding hydrogens is 392 g/mol. The van der Waals surface area contributed by atoms with Crippen LogP contribution in [-0.4, -0.2) is 48.2 Å². The first-order valence-corrected chi connectivity index (χ1v) is 11.4. The van der Waals surface area contributed by atoms with Crippen LogP contribution in [0.25, 0.3) is 5.57 Å².